The van der Waals surface area contributed by atoms with Crippen LogP contribution in [0.15, 0.2) is 5.38 Å². The average molecular weight is 254 g/mol. The Morgan fingerprint density at radius 1 is 1.41 bits per heavy atom. The van der Waals surface area contributed by atoms with Crippen molar-refractivity contribution in [1.82, 2.24) is 4.98 Å². The predicted molar refractivity (Wildman–Crippen MR) is 71.3 cm³/mol. The molecule has 1 aliphatic carbocycles. The van der Waals surface area contributed by atoms with Crippen LogP contribution in [0.5, 0.6) is 0 Å². The number of rotatable bonds is 5. The van der Waals surface area contributed by atoms with Crippen molar-refractivity contribution in [2.75, 3.05) is 13.7 Å². The molecule has 96 valence electrons. The fourth-order valence-electron chi connectivity index (χ4n) is 2.46. The third-order valence-corrected chi connectivity index (χ3v) is 4.46. The van der Waals surface area contributed by atoms with E-state index in [2.05, 4.69) is 5.38 Å². The van der Waals surface area contributed by atoms with Gasteiger partial charge in [-0.05, 0) is 19.3 Å². The topological polar surface area (TPSA) is 48.1 Å². The van der Waals surface area contributed by atoms with Crippen LogP contribution in [0.1, 0.15) is 49.2 Å². The fraction of sp³-hybridized carbons (Fsp3) is 0.769. The number of ether oxygens (including phenoxy) is 1. The van der Waals surface area contributed by atoms with Crippen LogP contribution in [-0.4, -0.2) is 18.7 Å². The molecule has 3 nitrogen and oxygen atoms in total. The maximum atomic E-state index is 6.47. The van der Waals surface area contributed by atoms with Gasteiger partial charge in [-0.15, -0.1) is 11.3 Å². The van der Waals surface area contributed by atoms with Gasteiger partial charge in [-0.1, -0.05) is 19.3 Å². The van der Waals surface area contributed by atoms with Crippen LogP contribution in [0, 0.1) is 0 Å². The van der Waals surface area contributed by atoms with Crippen molar-refractivity contribution in [3.05, 3.63) is 16.1 Å². The van der Waals surface area contributed by atoms with E-state index in [0.29, 0.717) is 0 Å². The molecule has 0 unspecified atom stereocenters. The zero-order valence-electron chi connectivity index (χ0n) is 10.6. The third-order valence-electron chi connectivity index (χ3n) is 3.55. The van der Waals surface area contributed by atoms with E-state index in [1.807, 2.05) is 0 Å². The summed E-state index contributed by atoms with van der Waals surface area (Å²) in [4.78, 5) is 4.72. The summed E-state index contributed by atoms with van der Waals surface area (Å²) in [6, 6.07) is 0. The van der Waals surface area contributed by atoms with E-state index < -0.39 is 0 Å². The minimum Gasteiger partial charge on any atom is -0.385 e. The molecule has 1 aliphatic rings. The second-order valence-electron chi connectivity index (χ2n) is 4.94. The monoisotopic (exact) mass is 254 g/mol. The van der Waals surface area contributed by atoms with Gasteiger partial charge in [0.2, 0.25) is 0 Å². The average Bonchev–Trinajstić information content (AvgIpc) is 2.80. The number of nitrogens with zero attached hydrogens (tertiary/aromatic N) is 1. The van der Waals surface area contributed by atoms with Gasteiger partial charge in [0.15, 0.2) is 0 Å². The quantitative estimate of drug-likeness (QED) is 0.822. The van der Waals surface area contributed by atoms with Crippen LogP contribution in [0.2, 0.25) is 0 Å². The van der Waals surface area contributed by atoms with Gasteiger partial charge in [0.05, 0.1) is 16.2 Å². The number of hydrogen-bond donors (Lipinski definition) is 1. The molecule has 1 fully saturated rings. The molecule has 4 heteroatoms. The zero-order chi connectivity index (χ0) is 12.1. The van der Waals surface area contributed by atoms with E-state index in [-0.39, 0.29) is 5.54 Å². The van der Waals surface area contributed by atoms with Gasteiger partial charge >= 0.3 is 0 Å². The summed E-state index contributed by atoms with van der Waals surface area (Å²) in [6.07, 6.45) is 8.04. The Hall–Kier alpha value is -0.450. The maximum absolute atomic E-state index is 6.47. The molecular weight excluding hydrogens is 232 g/mol. The van der Waals surface area contributed by atoms with Crippen molar-refractivity contribution in [1.29, 1.82) is 0 Å². The molecule has 0 bridgehead atoms. The lowest BCUT2D eigenvalue weighted by Gasteiger charge is -2.31. The highest BCUT2D eigenvalue weighted by Gasteiger charge is 2.31. The predicted octanol–water partition coefficient (Wildman–Crippen LogP) is 2.84. The van der Waals surface area contributed by atoms with E-state index in [1.165, 1.54) is 24.3 Å². The Morgan fingerprint density at radius 3 is 2.88 bits per heavy atom. The number of aromatic nitrogens is 1. The van der Waals surface area contributed by atoms with Crippen molar-refractivity contribution in [3.63, 3.8) is 0 Å². The summed E-state index contributed by atoms with van der Waals surface area (Å²) < 4.78 is 5.06. The summed E-state index contributed by atoms with van der Waals surface area (Å²) >= 11 is 1.75. The Morgan fingerprint density at radius 2 is 2.18 bits per heavy atom. The number of aryl methyl sites for hydroxylation is 1. The Balaban J connectivity index is 1.96. The summed E-state index contributed by atoms with van der Waals surface area (Å²) in [7, 11) is 1.74. The second kappa shape index (κ2) is 5.94. The molecule has 0 atom stereocenters. The molecular formula is C13H22N2OS. The lowest BCUT2D eigenvalue weighted by molar-refractivity contribution is 0.195. The van der Waals surface area contributed by atoms with E-state index in [1.54, 1.807) is 18.4 Å². The first-order valence-corrected chi connectivity index (χ1v) is 7.35. The molecule has 0 amide bonds. The van der Waals surface area contributed by atoms with Crippen molar-refractivity contribution in [3.8, 4) is 0 Å². The van der Waals surface area contributed by atoms with Gasteiger partial charge in [0.25, 0.3) is 0 Å². The number of nitrogens with two attached hydrogens (primary N) is 1. The van der Waals surface area contributed by atoms with Crippen molar-refractivity contribution in [2.24, 2.45) is 5.73 Å². The highest BCUT2D eigenvalue weighted by Crippen LogP contribution is 2.35. The molecule has 0 radical (unpaired) electrons. The summed E-state index contributed by atoms with van der Waals surface area (Å²) in [6.45, 7) is 0.808. The minimum atomic E-state index is -0.145. The minimum absolute atomic E-state index is 0.145. The smallest absolute Gasteiger partial charge is 0.0929 e. The summed E-state index contributed by atoms with van der Waals surface area (Å²) in [5, 5.41) is 3.36. The first-order valence-electron chi connectivity index (χ1n) is 6.47. The lowest BCUT2D eigenvalue weighted by atomic mass is 9.81. The highest BCUT2D eigenvalue weighted by molar-refractivity contribution is 7.09. The van der Waals surface area contributed by atoms with Crippen molar-refractivity contribution >= 4 is 11.3 Å². The van der Waals surface area contributed by atoms with Crippen LogP contribution in [-0.2, 0) is 16.7 Å². The molecule has 2 rings (SSSR count). The van der Waals surface area contributed by atoms with E-state index in [4.69, 9.17) is 15.5 Å². The Labute approximate surface area is 107 Å². The van der Waals surface area contributed by atoms with Crippen molar-refractivity contribution < 1.29 is 4.74 Å². The largest absolute Gasteiger partial charge is 0.385 e. The van der Waals surface area contributed by atoms with Crippen LogP contribution < -0.4 is 5.73 Å². The molecule has 2 N–H and O–H groups in total. The summed E-state index contributed by atoms with van der Waals surface area (Å²) in [5.41, 5.74) is 7.44. The SMILES string of the molecule is COCCCc1nc(C2(N)CCCCC2)cs1. The first kappa shape index (κ1) is 13.0. The fourth-order valence-corrected chi connectivity index (χ4v) is 3.41. The van der Waals surface area contributed by atoms with E-state index in [9.17, 15) is 0 Å². The normalized spacial score (nSPS) is 19.4. The van der Waals surface area contributed by atoms with Crippen LogP contribution in [0.25, 0.3) is 0 Å². The molecule has 17 heavy (non-hydrogen) atoms. The Bertz CT molecular complexity index is 345. The standard InChI is InChI=1S/C13H22N2OS/c1-16-9-5-6-12-15-11(10-17-12)13(14)7-3-2-4-8-13/h10H,2-9,14H2,1H3. The van der Waals surface area contributed by atoms with E-state index in [0.717, 1.165) is 38.0 Å². The molecule has 0 saturated heterocycles. The lowest BCUT2D eigenvalue weighted by Crippen LogP contribution is -2.38. The van der Waals surface area contributed by atoms with Gasteiger partial charge < -0.3 is 10.5 Å². The van der Waals surface area contributed by atoms with Crippen molar-refractivity contribution in [2.45, 2.75) is 50.5 Å². The van der Waals surface area contributed by atoms with Gasteiger partial charge in [0.1, 0.15) is 0 Å². The van der Waals surface area contributed by atoms with Gasteiger partial charge in [0, 0.05) is 25.5 Å². The highest BCUT2D eigenvalue weighted by atomic mass is 32.1. The summed E-state index contributed by atoms with van der Waals surface area (Å²) in [5.74, 6) is 0. The van der Waals surface area contributed by atoms with Gasteiger partial charge in [-0.3, -0.25) is 0 Å². The molecule has 0 aliphatic heterocycles. The zero-order valence-corrected chi connectivity index (χ0v) is 11.4. The molecule has 1 aromatic heterocycles. The molecule has 0 aromatic carbocycles. The maximum Gasteiger partial charge on any atom is 0.0929 e. The molecule has 0 spiro atoms. The Kier molecular flexibility index (Phi) is 4.54. The third kappa shape index (κ3) is 3.27. The molecule has 1 aromatic rings. The number of thiazole rings is 1. The second-order valence-corrected chi connectivity index (χ2v) is 5.88. The van der Waals surface area contributed by atoms with E-state index >= 15 is 0 Å². The van der Waals surface area contributed by atoms with Crippen LogP contribution in [0.3, 0.4) is 0 Å². The molecule has 1 saturated carbocycles. The van der Waals surface area contributed by atoms with Crippen LogP contribution in [0.4, 0.5) is 0 Å². The number of hydrogen-bond acceptors (Lipinski definition) is 4. The van der Waals surface area contributed by atoms with Crippen LogP contribution >= 0.6 is 11.3 Å². The van der Waals surface area contributed by atoms with Gasteiger partial charge in [-0.25, -0.2) is 4.98 Å². The molecule has 1 heterocycles. The first-order chi connectivity index (χ1) is 8.24. The number of methoxy groups -OCH3 is 1. The van der Waals surface area contributed by atoms with Gasteiger partial charge in [-0.2, -0.15) is 0 Å².